The van der Waals surface area contributed by atoms with Crippen molar-refractivity contribution >= 4 is 27.3 Å². The molecule has 0 aliphatic rings. The minimum absolute atomic E-state index is 0.0979. The molecule has 0 saturated heterocycles. The molecule has 2 rings (SSSR count). The maximum atomic E-state index is 10.9. The van der Waals surface area contributed by atoms with Crippen molar-refractivity contribution in [1.82, 2.24) is 0 Å². The molecule has 2 aromatic carbocycles. The van der Waals surface area contributed by atoms with Crippen LogP contribution in [0, 0.1) is 24.0 Å². The smallest absolute Gasteiger partial charge is 0.292 e. The molecule has 0 amide bonds. The third kappa shape index (κ3) is 3.52. The molecule has 0 bridgehead atoms. The summed E-state index contributed by atoms with van der Waals surface area (Å²) >= 11 is 3.50. The lowest BCUT2D eigenvalue weighted by Crippen LogP contribution is -2.00. The molecule has 110 valence electrons. The largest absolute Gasteiger partial charge is 0.489 e. The van der Waals surface area contributed by atoms with E-state index >= 15 is 0 Å². The standard InChI is InChI=1S/C15H15BrN2O3/c1-9-5-12(6-10(2)15(9)16)21-8-11-3-4-13(17)14(7-11)18(19)20/h3-7H,8,17H2,1-2H3. The van der Waals surface area contributed by atoms with E-state index in [4.69, 9.17) is 10.5 Å². The van der Waals surface area contributed by atoms with Crippen LogP contribution < -0.4 is 10.5 Å². The Morgan fingerprint density at radius 2 is 1.86 bits per heavy atom. The van der Waals surface area contributed by atoms with E-state index in [1.807, 2.05) is 26.0 Å². The van der Waals surface area contributed by atoms with Gasteiger partial charge in [0.25, 0.3) is 5.69 Å². The molecule has 0 spiro atoms. The summed E-state index contributed by atoms with van der Waals surface area (Å²) in [4.78, 5) is 10.4. The fourth-order valence-corrected chi connectivity index (χ4v) is 2.22. The molecule has 0 aliphatic heterocycles. The monoisotopic (exact) mass is 350 g/mol. The number of nitrogens with zero attached hydrogens (tertiary/aromatic N) is 1. The zero-order valence-corrected chi connectivity index (χ0v) is 13.3. The first kappa shape index (κ1) is 15.3. The highest BCUT2D eigenvalue weighted by molar-refractivity contribution is 9.10. The van der Waals surface area contributed by atoms with Gasteiger partial charge in [-0.1, -0.05) is 22.0 Å². The number of benzene rings is 2. The fourth-order valence-electron chi connectivity index (χ4n) is 1.99. The van der Waals surface area contributed by atoms with Gasteiger partial charge in [0.1, 0.15) is 18.0 Å². The van der Waals surface area contributed by atoms with Crippen molar-refractivity contribution in [3.63, 3.8) is 0 Å². The SMILES string of the molecule is Cc1cc(OCc2ccc(N)c([N+](=O)[O-])c2)cc(C)c1Br. The maximum absolute atomic E-state index is 10.9. The van der Waals surface area contributed by atoms with Gasteiger partial charge in [-0.3, -0.25) is 10.1 Å². The van der Waals surface area contributed by atoms with Gasteiger partial charge >= 0.3 is 0 Å². The summed E-state index contributed by atoms with van der Waals surface area (Å²) in [6.45, 7) is 4.22. The molecule has 0 unspecified atom stereocenters. The van der Waals surface area contributed by atoms with Crippen LogP contribution >= 0.6 is 15.9 Å². The van der Waals surface area contributed by atoms with Gasteiger partial charge in [0.05, 0.1) is 4.92 Å². The number of nitrogen functional groups attached to an aromatic ring is 1. The Labute approximate surface area is 131 Å². The molecule has 0 aromatic heterocycles. The molecule has 0 atom stereocenters. The molecule has 2 aromatic rings. The number of nitro benzene ring substituents is 1. The van der Waals surface area contributed by atoms with Crippen molar-refractivity contribution in [3.8, 4) is 5.75 Å². The van der Waals surface area contributed by atoms with Crippen molar-refractivity contribution in [1.29, 1.82) is 0 Å². The number of nitro groups is 1. The number of ether oxygens (including phenoxy) is 1. The molecular weight excluding hydrogens is 336 g/mol. The topological polar surface area (TPSA) is 78.4 Å². The van der Waals surface area contributed by atoms with E-state index in [0.29, 0.717) is 5.56 Å². The molecule has 5 nitrogen and oxygen atoms in total. The normalized spacial score (nSPS) is 10.4. The molecular formula is C15H15BrN2O3. The van der Waals surface area contributed by atoms with Gasteiger partial charge < -0.3 is 10.5 Å². The number of nitrogens with two attached hydrogens (primary N) is 1. The summed E-state index contributed by atoms with van der Waals surface area (Å²) in [5, 5.41) is 10.9. The third-order valence-electron chi connectivity index (χ3n) is 3.11. The lowest BCUT2D eigenvalue weighted by atomic mass is 10.1. The molecule has 0 radical (unpaired) electrons. The van der Waals surface area contributed by atoms with Crippen molar-refractivity contribution in [2.45, 2.75) is 20.5 Å². The Bertz CT molecular complexity index is 678. The van der Waals surface area contributed by atoms with E-state index in [9.17, 15) is 10.1 Å². The van der Waals surface area contributed by atoms with Crippen LogP contribution in [-0.2, 0) is 6.61 Å². The average Bonchev–Trinajstić information content (AvgIpc) is 2.43. The Kier molecular flexibility index (Phi) is 4.47. The molecule has 0 heterocycles. The Morgan fingerprint density at radius 3 is 2.43 bits per heavy atom. The van der Waals surface area contributed by atoms with E-state index in [1.165, 1.54) is 12.1 Å². The number of aryl methyl sites for hydroxylation is 2. The Hall–Kier alpha value is -2.08. The van der Waals surface area contributed by atoms with Crippen LogP contribution in [0.25, 0.3) is 0 Å². The average molecular weight is 351 g/mol. The van der Waals surface area contributed by atoms with Crippen molar-refractivity contribution < 1.29 is 9.66 Å². The van der Waals surface area contributed by atoms with Crippen LogP contribution in [0.5, 0.6) is 5.75 Å². The van der Waals surface area contributed by atoms with Crippen molar-refractivity contribution in [2.24, 2.45) is 0 Å². The molecule has 6 heteroatoms. The van der Waals surface area contributed by atoms with E-state index in [0.717, 1.165) is 21.3 Å². The number of rotatable bonds is 4. The van der Waals surface area contributed by atoms with Gasteiger partial charge in [0, 0.05) is 10.5 Å². The summed E-state index contributed by atoms with van der Waals surface area (Å²) in [5.41, 5.74) is 8.48. The van der Waals surface area contributed by atoms with Gasteiger partial charge in [-0.05, 0) is 48.7 Å². The molecule has 0 saturated carbocycles. The second-order valence-corrected chi connectivity index (χ2v) is 5.60. The predicted octanol–water partition coefficient (Wildman–Crippen LogP) is 4.14. The van der Waals surface area contributed by atoms with Crippen LogP contribution in [0.15, 0.2) is 34.8 Å². The van der Waals surface area contributed by atoms with Gasteiger partial charge in [-0.2, -0.15) is 0 Å². The van der Waals surface area contributed by atoms with Crippen LogP contribution in [0.2, 0.25) is 0 Å². The summed E-state index contributed by atoms with van der Waals surface area (Å²) in [6, 6.07) is 8.52. The quantitative estimate of drug-likeness (QED) is 0.510. The molecule has 2 N–H and O–H groups in total. The summed E-state index contributed by atoms with van der Waals surface area (Å²) in [6.07, 6.45) is 0. The van der Waals surface area contributed by atoms with E-state index in [1.54, 1.807) is 6.07 Å². The number of hydrogen-bond donors (Lipinski definition) is 1. The predicted molar refractivity (Wildman–Crippen MR) is 85.5 cm³/mol. The summed E-state index contributed by atoms with van der Waals surface area (Å²) in [7, 11) is 0. The number of hydrogen-bond acceptors (Lipinski definition) is 4. The lowest BCUT2D eigenvalue weighted by molar-refractivity contribution is -0.384. The second kappa shape index (κ2) is 6.13. The van der Waals surface area contributed by atoms with Crippen LogP contribution in [-0.4, -0.2) is 4.92 Å². The highest BCUT2D eigenvalue weighted by Gasteiger charge is 2.12. The van der Waals surface area contributed by atoms with Crippen LogP contribution in [0.1, 0.15) is 16.7 Å². The van der Waals surface area contributed by atoms with Crippen LogP contribution in [0.3, 0.4) is 0 Å². The minimum Gasteiger partial charge on any atom is -0.489 e. The lowest BCUT2D eigenvalue weighted by Gasteiger charge is -2.10. The van der Waals surface area contributed by atoms with Crippen molar-refractivity contribution in [2.75, 3.05) is 5.73 Å². The van der Waals surface area contributed by atoms with E-state index in [2.05, 4.69) is 15.9 Å². The summed E-state index contributed by atoms with van der Waals surface area (Å²) < 4.78 is 6.75. The number of anilines is 1. The first-order valence-corrected chi connectivity index (χ1v) is 7.10. The van der Waals surface area contributed by atoms with Gasteiger partial charge in [0.2, 0.25) is 0 Å². The van der Waals surface area contributed by atoms with Crippen LogP contribution in [0.4, 0.5) is 11.4 Å². The molecule has 0 aliphatic carbocycles. The summed E-state index contributed by atoms with van der Waals surface area (Å²) in [5.74, 6) is 0.729. The van der Waals surface area contributed by atoms with Crippen molar-refractivity contribution in [3.05, 3.63) is 61.6 Å². The second-order valence-electron chi connectivity index (χ2n) is 4.81. The highest BCUT2D eigenvalue weighted by Crippen LogP contribution is 2.27. The minimum atomic E-state index is -0.493. The van der Waals surface area contributed by atoms with Gasteiger partial charge in [-0.25, -0.2) is 0 Å². The zero-order valence-electron chi connectivity index (χ0n) is 11.7. The Morgan fingerprint density at radius 1 is 1.24 bits per heavy atom. The molecule has 0 fully saturated rings. The third-order valence-corrected chi connectivity index (χ3v) is 4.36. The van der Waals surface area contributed by atoms with Gasteiger partial charge in [-0.15, -0.1) is 0 Å². The fraction of sp³-hybridized carbons (Fsp3) is 0.200. The number of halogens is 1. The van der Waals surface area contributed by atoms with Gasteiger partial charge in [0.15, 0.2) is 0 Å². The molecule has 21 heavy (non-hydrogen) atoms. The first-order valence-electron chi connectivity index (χ1n) is 6.31. The highest BCUT2D eigenvalue weighted by atomic mass is 79.9. The Balaban J connectivity index is 2.17. The zero-order chi connectivity index (χ0) is 15.6. The van der Waals surface area contributed by atoms with E-state index < -0.39 is 4.92 Å². The van der Waals surface area contributed by atoms with E-state index in [-0.39, 0.29) is 18.0 Å². The maximum Gasteiger partial charge on any atom is 0.292 e. The first-order chi connectivity index (χ1) is 9.88.